The Kier molecular flexibility index (Phi) is 5.37. The van der Waals surface area contributed by atoms with E-state index in [0.29, 0.717) is 25.5 Å². The summed E-state index contributed by atoms with van der Waals surface area (Å²) in [5.41, 5.74) is 1.75. The molecule has 0 unspecified atom stereocenters. The summed E-state index contributed by atoms with van der Waals surface area (Å²) in [4.78, 5) is 37.5. The van der Waals surface area contributed by atoms with E-state index in [1.165, 1.54) is 4.70 Å². The minimum absolute atomic E-state index is 0.0733. The maximum atomic E-state index is 12.5. The Morgan fingerprint density at radius 2 is 2.21 bits per heavy atom. The molecular formula is C21H21N5O2S. The number of hydrogen-bond donors (Lipinski definition) is 1. The smallest absolute Gasteiger partial charge is 0.246 e. The molecule has 3 aromatic heterocycles. The molecule has 7 nitrogen and oxygen atoms in total. The molecule has 3 aromatic rings. The highest BCUT2D eigenvalue weighted by Gasteiger charge is 2.17. The second-order valence-electron chi connectivity index (χ2n) is 7.15. The molecule has 1 aliphatic rings. The van der Waals surface area contributed by atoms with Crippen molar-refractivity contribution in [2.24, 2.45) is 0 Å². The van der Waals surface area contributed by atoms with Crippen molar-refractivity contribution in [2.75, 3.05) is 26.0 Å². The molecule has 29 heavy (non-hydrogen) atoms. The van der Waals surface area contributed by atoms with E-state index in [0.717, 1.165) is 21.4 Å². The van der Waals surface area contributed by atoms with Crippen LogP contribution in [0.2, 0.25) is 0 Å². The molecule has 0 bridgehead atoms. The lowest BCUT2D eigenvalue weighted by Gasteiger charge is -2.14. The van der Waals surface area contributed by atoms with Crippen LogP contribution in [0.3, 0.4) is 0 Å². The van der Waals surface area contributed by atoms with Crippen molar-refractivity contribution in [1.29, 1.82) is 0 Å². The number of anilines is 1. The SMILES string of the molecule is CN1CC(=O)Nc2ncc(C=CC(=O)N(C)Cc3cc4cnccc4s3)cc2C1. The standard InChI is InChI=1S/C21H21N5O2S/c1-25-11-16-7-14(9-23-21(16)24-19(27)13-25)3-4-20(28)26(2)12-17-8-15-10-22-6-5-18(15)29-17/h3-10H,11-13H2,1-2H3,(H,23,24,27). The molecule has 1 aliphatic heterocycles. The van der Waals surface area contributed by atoms with E-state index in [9.17, 15) is 9.59 Å². The van der Waals surface area contributed by atoms with E-state index in [-0.39, 0.29) is 11.8 Å². The Morgan fingerprint density at radius 1 is 1.34 bits per heavy atom. The molecule has 0 radical (unpaired) electrons. The fourth-order valence-electron chi connectivity index (χ4n) is 3.24. The van der Waals surface area contributed by atoms with Gasteiger partial charge in [-0.2, -0.15) is 0 Å². The van der Waals surface area contributed by atoms with Crippen molar-refractivity contribution in [2.45, 2.75) is 13.1 Å². The average Bonchev–Trinajstić information content (AvgIpc) is 3.02. The van der Waals surface area contributed by atoms with Gasteiger partial charge >= 0.3 is 0 Å². The monoisotopic (exact) mass is 407 g/mol. The highest BCUT2D eigenvalue weighted by atomic mass is 32.1. The van der Waals surface area contributed by atoms with Gasteiger partial charge in [0.1, 0.15) is 5.82 Å². The summed E-state index contributed by atoms with van der Waals surface area (Å²) in [7, 11) is 3.68. The Balaban J connectivity index is 1.44. The van der Waals surface area contributed by atoms with Crippen LogP contribution in [0.15, 0.2) is 42.9 Å². The highest BCUT2D eigenvalue weighted by Crippen LogP contribution is 2.25. The number of rotatable bonds is 4. The molecule has 0 saturated heterocycles. The summed E-state index contributed by atoms with van der Waals surface area (Å²) >= 11 is 1.67. The maximum absolute atomic E-state index is 12.5. The van der Waals surface area contributed by atoms with E-state index in [4.69, 9.17) is 0 Å². The van der Waals surface area contributed by atoms with Crippen LogP contribution in [0.4, 0.5) is 5.82 Å². The number of nitrogens with one attached hydrogen (secondary N) is 1. The van der Waals surface area contributed by atoms with Crippen molar-refractivity contribution in [1.82, 2.24) is 19.8 Å². The lowest BCUT2D eigenvalue weighted by atomic mass is 10.1. The number of hydrogen-bond acceptors (Lipinski definition) is 6. The van der Waals surface area contributed by atoms with Crippen LogP contribution in [0.5, 0.6) is 0 Å². The fourth-order valence-corrected chi connectivity index (χ4v) is 4.33. The lowest BCUT2D eigenvalue weighted by molar-refractivity contribution is -0.125. The van der Waals surface area contributed by atoms with Crippen molar-refractivity contribution >= 4 is 45.1 Å². The number of carbonyl (C=O) groups is 2. The molecule has 0 fully saturated rings. The zero-order valence-corrected chi connectivity index (χ0v) is 17.1. The first-order chi connectivity index (χ1) is 14.0. The van der Waals surface area contributed by atoms with Crippen LogP contribution in [-0.4, -0.2) is 52.2 Å². The molecule has 1 N–H and O–H groups in total. The molecule has 0 aliphatic carbocycles. The Hall–Kier alpha value is -3.10. The summed E-state index contributed by atoms with van der Waals surface area (Å²) in [6.45, 7) is 1.50. The molecule has 148 valence electrons. The second-order valence-corrected chi connectivity index (χ2v) is 8.32. The number of carbonyl (C=O) groups excluding carboxylic acids is 2. The van der Waals surface area contributed by atoms with Crippen LogP contribution < -0.4 is 5.32 Å². The summed E-state index contributed by atoms with van der Waals surface area (Å²) in [6.07, 6.45) is 8.58. The number of pyridine rings is 2. The Morgan fingerprint density at radius 3 is 3.03 bits per heavy atom. The predicted molar refractivity (Wildman–Crippen MR) is 114 cm³/mol. The second kappa shape index (κ2) is 8.10. The Labute approximate surface area is 172 Å². The first-order valence-electron chi connectivity index (χ1n) is 9.21. The van der Waals surface area contributed by atoms with Gasteiger partial charge in [-0.3, -0.25) is 19.5 Å². The molecule has 0 spiro atoms. The third-order valence-corrected chi connectivity index (χ3v) is 5.76. The van der Waals surface area contributed by atoms with Crippen molar-refractivity contribution in [3.05, 3.63) is 58.9 Å². The first-order valence-corrected chi connectivity index (χ1v) is 10.0. The molecular weight excluding hydrogens is 386 g/mol. The normalized spacial score (nSPS) is 14.6. The van der Waals surface area contributed by atoms with Gasteiger partial charge in [0.2, 0.25) is 11.8 Å². The maximum Gasteiger partial charge on any atom is 0.246 e. The van der Waals surface area contributed by atoms with Gasteiger partial charge in [0.15, 0.2) is 0 Å². The number of aromatic nitrogens is 2. The van der Waals surface area contributed by atoms with Crippen LogP contribution in [0, 0.1) is 0 Å². The van der Waals surface area contributed by atoms with Gasteiger partial charge in [-0.1, -0.05) is 0 Å². The largest absolute Gasteiger partial charge is 0.337 e. The van der Waals surface area contributed by atoms with Gasteiger partial charge in [0.25, 0.3) is 0 Å². The third kappa shape index (κ3) is 4.49. The Bertz CT molecular complexity index is 1070. The molecule has 0 aromatic carbocycles. The summed E-state index contributed by atoms with van der Waals surface area (Å²) in [5, 5.41) is 3.90. The quantitative estimate of drug-likeness (QED) is 0.673. The summed E-state index contributed by atoms with van der Waals surface area (Å²) < 4.78 is 1.17. The number of nitrogens with zero attached hydrogens (tertiary/aromatic N) is 4. The van der Waals surface area contributed by atoms with Crippen LogP contribution in [0.25, 0.3) is 16.2 Å². The van der Waals surface area contributed by atoms with E-state index in [2.05, 4.69) is 21.4 Å². The summed E-state index contributed by atoms with van der Waals surface area (Å²) in [6, 6.07) is 6.01. The third-order valence-electron chi connectivity index (χ3n) is 4.65. The lowest BCUT2D eigenvalue weighted by Crippen LogP contribution is -2.26. The topological polar surface area (TPSA) is 78.4 Å². The van der Waals surface area contributed by atoms with Gasteiger partial charge < -0.3 is 10.2 Å². The first kappa shape index (κ1) is 19.2. The van der Waals surface area contributed by atoms with Crippen LogP contribution in [-0.2, 0) is 22.7 Å². The average molecular weight is 407 g/mol. The molecule has 0 atom stereocenters. The van der Waals surface area contributed by atoms with Crippen molar-refractivity contribution in [3.63, 3.8) is 0 Å². The van der Waals surface area contributed by atoms with Crippen molar-refractivity contribution in [3.8, 4) is 0 Å². The van der Waals surface area contributed by atoms with Crippen LogP contribution in [0.1, 0.15) is 16.0 Å². The molecule has 2 amide bonds. The van der Waals surface area contributed by atoms with Gasteiger partial charge in [0.05, 0.1) is 13.1 Å². The fraction of sp³-hybridized carbons (Fsp3) is 0.238. The van der Waals surface area contributed by atoms with Crippen LogP contribution >= 0.6 is 11.3 Å². The number of thiophene rings is 1. The van der Waals surface area contributed by atoms with Gasteiger partial charge in [-0.25, -0.2) is 4.98 Å². The minimum atomic E-state index is -0.0825. The molecule has 4 rings (SSSR count). The molecule has 8 heteroatoms. The van der Waals surface area contributed by atoms with E-state index in [1.54, 1.807) is 47.8 Å². The van der Waals surface area contributed by atoms with E-state index < -0.39 is 0 Å². The van der Waals surface area contributed by atoms with E-state index in [1.807, 2.05) is 30.3 Å². The number of fused-ring (bicyclic) bond motifs is 2. The van der Waals surface area contributed by atoms with Gasteiger partial charge in [0, 0.05) is 58.8 Å². The summed E-state index contributed by atoms with van der Waals surface area (Å²) in [5.74, 6) is 0.427. The zero-order valence-electron chi connectivity index (χ0n) is 16.3. The molecule has 4 heterocycles. The number of amides is 2. The van der Waals surface area contributed by atoms with Crippen molar-refractivity contribution < 1.29 is 9.59 Å². The number of likely N-dealkylation sites (N-methyl/N-ethyl adjacent to an activating group) is 2. The van der Waals surface area contributed by atoms with E-state index >= 15 is 0 Å². The van der Waals surface area contributed by atoms with Gasteiger partial charge in [-0.15, -0.1) is 11.3 Å². The zero-order chi connectivity index (χ0) is 20.4. The molecule has 0 saturated carbocycles. The highest BCUT2D eigenvalue weighted by molar-refractivity contribution is 7.19. The van der Waals surface area contributed by atoms with Gasteiger partial charge in [-0.05, 0) is 36.9 Å². The minimum Gasteiger partial charge on any atom is -0.337 e. The predicted octanol–water partition coefficient (Wildman–Crippen LogP) is 2.75.